The predicted molar refractivity (Wildman–Crippen MR) is 82.5 cm³/mol. The number of nitrogens with zero attached hydrogens (tertiary/aromatic N) is 3. The van der Waals surface area contributed by atoms with Gasteiger partial charge in [-0.25, -0.2) is 9.97 Å². The van der Waals surface area contributed by atoms with Crippen LogP contribution in [-0.4, -0.2) is 42.8 Å². The van der Waals surface area contributed by atoms with E-state index in [0.717, 1.165) is 43.6 Å². The van der Waals surface area contributed by atoms with E-state index in [-0.39, 0.29) is 11.5 Å². The Kier molecular flexibility index (Phi) is 4.48. The van der Waals surface area contributed by atoms with E-state index in [4.69, 9.17) is 9.72 Å². The lowest BCUT2D eigenvalue weighted by Gasteiger charge is -2.26. The zero-order valence-corrected chi connectivity index (χ0v) is 13.2. The lowest BCUT2D eigenvalue weighted by Crippen LogP contribution is -2.32. The fraction of sp³-hybridized carbons (Fsp3) is 0.733. The minimum atomic E-state index is -0.0599. The molecule has 1 N–H and O–H groups in total. The molecule has 5 nitrogen and oxygen atoms in total. The van der Waals surface area contributed by atoms with E-state index in [1.165, 1.54) is 0 Å². The number of nitrogens with one attached hydrogen (secondary N) is 1. The zero-order valence-electron chi connectivity index (χ0n) is 13.2. The molecule has 1 atom stereocenters. The lowest BCUT2D eigenvalue weighted by atomic mass is 9.96. The molecule has 1 aliphatic rings. The van der Waals surface area contributed by atoms with Gasteiger partial charge >= 0.3 is 0 Å². The van der Waals surface area contributed by atoms with Gasteiger partial charge in [-0.1, -0.05) is 20.8 Å². The monoisotopic (exact) mass is 278 g/mol. The van der Waals surface area contributed by atoms with Crippen LogP contribution in [0.15, 0.2) is 6.07 Å². The van der Waals surface area contributed by atoms with Crippen LogP contribution >= 0.6 is 0 Å². The van der Waals surface area contributed by atoms with Crippen molar-refractivity contribution in [2.24, 2.45) is 0 Å². The molecule has 0 radical (unpaired) electrons. The summed E-state index contributed by atoms with van der Waals surface area (Å²) < 4.78 is 5.71. The summed E-state index contributed by atoms with van der Waals surface area (Å²) in [6.07, 6.45) is 1.28. The van der Waals surface area contributed by atoms with E-state index >= 15 is 0 Å². The summed E-state index contributed by atoms with van der Waals surface area (Å²) >= 11 is 0. The molecule has 1 saturated heterocycles. The Hall–Kier alpha value is -1.36. The van der Waals surface area contributed by atoms with Gasteiger partial charge in [-0.2, -0.15) is 0 Å². The molecular weight excluding hydrogens is 252 g/mol. The van der Waals surface area contributed by atoms with Crippen LogP contribution in [-0.2, 0) is 10.2 Å². The molecule has 5 heteroatoms. The van der Waals surface area contributed by atoms with Crippen molar-refractivity contribution in [3.8, 4) is 0 Å². The highest BCUT2D eigenvalue weighted by Crippen LogP contribution is 2.25. The minimum Gasteiger partial charge on any atom is -0.377 e. The second kappa shape index (κ2) is 5.95. The molecule has 1 aromatic rings. The molecule has 1 fully saturated rings. The number of hydrogen-bond donors (Lipinski definition) is 1. The summed E-state index contributed by atoms with van der Waals surface area (Å²) in [5, 5.41) is 3.14. The fourth-order valence-electron chi connectivity index (χ4n) is 2.26. The Morgan fingerprint density at radius 3 is 2.75 bits per heavy atom. The third-order valence-corrected chi connectivity index (χ3v) is 3.42. The van der Waals surface area contributed by atoms with Gasteiger partial charge < -0.3 is 15.0 Å². The first-order valence-corrected chi connectivity index (χ1v) is 7.34. The second-order valence-electron chi connectivity index (χ2n) is 6.42. The van der Waals surface area contributed by atoms with Crippen molar-refractivity contribution in [2.75, 3.05) is 37.0 Å². The van der Waals surface area contributed by atoms with Crippen LogP contribution in [0.2, 0.25) is 0 Å². The maximum Gasteiger partial charge on any atom is 0.138 e. The van der Waals surface area contributed by atoms with E-state index < -0.39 is 0 Å². The van der Waals surface area contributed by atoms with E-state index in [2.05, 4.69) is 42.9 Å². The lowest BCUT2D eigenvalue weighted by molar-refractivity contribution is 0.0820. The topological polar surface area (TPSA) is 50.3 Å². The normalized spacial score (nSPS) is 20.6. The largest absolute Gasteiger partial charge is 0.377 e. The summed E-state index contributed by atoms with van der Waals surface area (Å²) in [6.45, 7) is 11.2. The quantitative estimate of drug-likeness (QED) is 0.900. The van der Waals surface area contributed by atoms with E-state index in [9.17, 15) is 0 Å². The molecule has 0 saturated carbocycles. The smallest absolute Gasteiger partial charge is 0.138 e. The molecule has 1 aliphatic heterocycles. The van der Waals surface area contributed by atoms with Crippen LogP contribution in [0.25, 0.3) is 0 Å². The van der Waals surface area contributed by atoms with Gasteiger partial charge in [0, 0.05) is 38.2 Å². The first kappa shape index (κ1) is 15.0. The van der Waals surface area contributed by atoms with Crippen molar-refractivity contribution in [1.29, 1.82) is 0 Å². The second-order valence-corrected chi connectivity index (χ2v) is 6.42. The molecule has 2 rings (SSSR count). The third kappa shape index (κ3) is 3.60. The van der Waals surface area contributed by atoms with Gasteiger partial charge in [0.25, 0.3) is 0 Å². The predicted octanol–water partition coefficient (Wildman–Crippen LogP) is 2.43. The van der Waals surface area contributed by atoms with Crippen molar-refractivity contribution in [3.63, 3.8) is 0 Å². The van der Waals surface area contributed by atoms with Gasteiger partial charge in [0.05, 0.1) is 6.10 Å². The van der Waals surface area contributed by atoms with Crippen molar-refractivity contribution in [3.05, 3.63) is 11.9 Å². The molecule has 0 aliphatic carbocycles. The highest BCUT2D eigenvalue weighted by Gasteiger charge is 2.22. The SMILES string of the molecule is CNc1cc(N2CCCOC(C)C2)nc(C(C)(C)C)n1. The van der Waals surface area contributed by atoms with Gasteiger partial charge in [-0.05, 0) is 13.3 Å². The summed E-state index contributed by atoms with van der Waals surface area (Å²) in [4.78, 5) is 11.7. The standard InChI is InChI=1S/C15H26N4O/c1-11-10-19(7-6-8-20-11)13-9-12(16-5)17-14(18-13)15(2,3)4/h9,11H,6-8,10H2,1-5H3,(H,16,17,18). The highest BCUT2D eigenvalue weighted by molar-refractivity contribution is 5.50. The Labute approximate surface area is 121 Å². The number of rotatable bonds is 2. The average molecular weight is 278 g/mol. The summed E-state index contributed by atoms with van der Waals surface area (Å²) in [5.74, 6) is 2.74. The van der Waals surface area contributed by atoms with E-state index in [1.54, 1.807) is 0 Å². The zero-order chi connectivity index (χ0) is 14.8. The maximum atomic E-state index is 5.71. The van der Waals surface area contributed by atoms with Gasteiger partial charge in [-0.15, -0.1) is 0 Å². The Morgan fingerprint density at radius 2 is 2.10 bits per heavy atom. The number of ether oxygens (including phenoxy) is 1. The van der Waals surface area contributed by atoms with Crippen molar-refractivity contribution < 1.29 is 4.74 Å². The van der Waals surface area contributed by atoms with Crippen molar-refractivity contribution in [1.82, 2.24) is 9.97 Å². The third-order valence-electron chi connectivity index (χ3n) is 3.42. The molecular formula is C15H26N4O. The Morgan fingerprint density at radius 1 is 1.35 bits per heavy atom. The average Bonchev–Trinajstić information content (AvgIpc) is 2.62. The van der Waals surface area contributed by atoms with Crippen LogP contribution in [0, 0.1) is 0 Å². The van der Waals surface area contributed by atoms with Crippen LogP contribution < -0.4 is 10.2 Å². The van der Waals surface area contributed by atoms with Gasteiger partial charge in [0.2, 0.25) is 0 Å². The maximum absolute atomic E-state index is 5.71. The fourth-order valence-corrected chi connectivity index (χ4v) is 2.26. The number of anilines is 2. The summed E-state index contributed by atoms with van der Waals surface area (Å²) in [6, 6.07) is 2.02. The van der Waals surface area contributed by atoms with Crippen LogP contribution in [0.3, 0.4) is 0 Å². The molecule has 112 valence electrons. The Balaban J connectivity index is 2.34. The van der Waals surface area contributed by atoms with Gasteiger partial charge in [-0.3, -0.25) is 0 Å². The highest BCUT2D eigenvalue weighted by atomic mass is 16.5. The number of hydrogen-bond acceptors (Lipinski definition) is 5. The molecule has 0 spiro atoms. The van der Waals surface area contributed by atoms with E-state index in [1.807, 2.05) is 13.1 Å². The van der Waals surface area contributed by atoms with Gasteiger partial charge in [0.15, 0.2) is 0 Å². The summed E-state index contributed by atoms with van der Waals surface area (Å²) in [5.41, 5.74) is -0.0599. The van der Waals surface area contributed by atoms with Crippen molar-refractivity contribution in [2.45, 2.75) is 45.6 Å². The molecule has 0 bridgehead atoms. The van der Waals surface area contributed by atoms with E-state index in [0.29, 0.717) is 0 Å². The molecule has 1 unspecified atom stereocenters. The molecule has 2 heterocycles. The molecule has 20 heavy (non-hydrogen) atoms. The summed E-state index contributed by atoms with van der Waals surface area (Å²) in [7, 11) is 1.90. The minimum absolute atomic E-state index is 0.0599. The van der Waals surface area contributed by atoms with Crippen LogP contribution in [0.5, 0.6) is 0 Å². The van der Waals surface area contributed by atoms with Crippen LogP contribution in [0.4, 0.5) is 11.6 Å². The Bertz CT molecular complexity index is 456. The first-order chi connectivity index (χ1) is 9.40. The first-order valence-electron chi connectivity index (χ1n) is 7.34. The molecule has 0 amide bonds. The van der Waals surface area contributed by atoms with Crippen molar-refractivity contribution >= 4 is 11.6 Å². The molecule has 0 aromatic carbocycles. The number of aromatic nitrogens is 2. The molecule has 1 aromatic heterocycles. The van der Waals surface area contributed by atoms with Crippen LogP contribution in [0.1, 0.15) is 39.9 Å². The van der Waals surface area contributed by atoms with Gasteiger partial charge in [0.1, 0.15) is 17.5 Å².